The van der Waals surface area contributed by atoms with Crippen LogP contribution in [-0.4, -0.2) is 73.4 Å². The molecule has 0 aromatic carbocycles. The number of hydrogen-bond donors (Lipinski definition) is 0. The van der Waals surface area contributed by atoms with Gasteiger partial charge in [0.05, 0.1) is 11.8 Å². The van der Waals surface area contributed by atoms with Gasteiger partial charge in [-0.3, -0.25) is 9.79 Å². The van der Waals surface area contributed by atoms with E-state index in [0.717, 1.165) is 51.6 Å². The molecule has 3 aliphatic rings. The maximum Gasteiger partial charge on any atom is 0.267 e. The van der Waals surface area contributed by atoms with Crippen molar-refractivity contribution in [1.82, 2.24) is 9.80 Å². The van der Waals surface area contributed by atoms with Gasteiger partial charge in [0.15, 0.2) is 0 Å². The van der Waals surface area contributed by atoms with Crippen LogP contribution in [0.4, 0.5) is 0 Å². The summed E-state index contributed by atoms with van der Waals surface area (Å²) in [7, 11) is 0. The lowest BCUT2D eigenvalue weighted by atomic mass is 9.73. The second-order valence-electron chi connectivity index (χ2n) is 8.32. The number of carbonyl (C=O) groups is 1. The van der Waals surface area contributed by atoms with Gasteiger partial charge in [-0.2, -0.15) is 0 Å². The molecule has 3 aliphatic heterocycles. The topological polar surface area (TPSA) is 45.1 Å². The van der Waals surface area contributed by atoms with Crippen molar-refractivity contribution in [2.45, 2.75) is 52.5 Å². The summed E-state index contributed by atoms with van der Waals surface area (Å²) in [5, 5.41) is 0. The number of likely N-dealkylation sites (tertiary alicyclic amines) is 2. The van der Waals surface area contributed by atoms with E-state index in [-0.39, 0.29) is 11.9 Å². The molecule has 3 rings (SSSR count). The minimum absolute atomic E-state index is 0.131. The van der Waals surface area contributed by atoms with Gasteiger partial charge in [-0.15, -0.1) is 0 Å². The summed E-state index contributed by atoms with van der Waals surface area (Å²) in [4.78, 5) is 21.7. The Kier molecular flexibility index (Phi) is 5.60. The van der Waals surface area contributed by atoms with Gasteiger partial charge >= 0.3 is 0 Å². The monoisotopic (exact) mass is 335 g/mol. The second-order valence-corrected chi connectivity index (χ2v) is 8.32. The van der Waals surface area contributed by atoms with Gasteiger partial charge in [-0.25, -0.2) is 0 Å². The quantitative estimate of drug-likeness (QED) is 0.740. The molecule has 3 fully saturated rings. The molecule has 0 saturated carbocycles. The average molecular weight is 335 g/mol. The van der Waals surface area contributed by atoms with Crippen LogP contribution in [0.3, 0.4) is 0 Å². The molecule has 0 aromatic rings. The van der Waals surface area contributed by atoms with Gasteiger partial charge in [0.25, 0.3) is 5.91 Å². The number of hydrogen-bond acceptors (Lipinski definition) is 4. The number of ether oxygens (including phenoxy) is 1. The van der Waals surface area contributed by atoms with Crippen molar-refractivity contribution in [2.24, 2.45) is 16.3 Å². The zero-order valence-corrected chi connectivity index (χ0v) is 15.6. The van der Waals surface area contributed by atoms with E-state index in [9.17, 15) is 4.79 Å². The SMILES string of the molecule is CC(=NC(C)CN1CCC(C)CC1)C(=O)N1CC2(CCOCC2)C1. The predicted octanol–water partition coefficient (Wildman–Crippen LogP) is 2.21. The summed E-state index contributed by atoms with van der Waals surface area (Å²) in [5.41, 5.74) is 1.01. The molecule has 5 heteroatoms. The van der Waals surface area contributed by atoms with Crippen LogP contribution < -0.4 is 0 Å². The van der Waals surface area contributed by atoms with Crippen LogP contribution >= 0.6 is 0 Å². The molecule has 5 nitrogen and oxygen atoms in total. The number of rotatable bonds is 4. The highest BCUT2D eigenvalue weighted by Gasteiger charge is 2.46. The number of amides is 1. The molecule has 1 unspecified atom stereocenters. The third-order valence-electron chi connectivity index (χ3n) is 6.02. The van der Waals surface area contributed by atoms with Crippen LogP contribution in [0.25, 0.3) is 0 Å². The maximum absolute atomic E-state index is 12.6. The van der Waals surface area contributed by atoms with Gasteiger partial charge in [-0.05, 0) is 58.5 Å². The van der Waals surface area contributed by atoms with Crippen molar-refractivity contribution < 1.29 is 9.53 Å². The highest BCUT2D eigenvalue weighted by molar-refractivity contribution is 6.38. The lowest BCUT2D eigenvalue weighted by Gasteiger charge is -2.52. The largest absolute Gasteiger partial charge is 0.381 e. The first-order chi connectivity index (χ1) is 11.5. The maximum atomic E-state index is 12.6. The average Bonchev–Trinajstić information content (AvgIpc) is 2.54. The Balaban J connectivity index is 1.45. The van der Waals surface area contributed by atoms with Crippen molar-refractivity contribution in [3.8, 4) is 0 Å². The van der Waals surface area contributed by atoms with Gasteiger partial charge in [0.1, 0.15) is 0 Å². The molecular weight excluding hydrogens is 302 g/mol. The van der Waals surface area contributed by atoms with Crippen molar-refractivity contribution in [1.29, 1.82) is 0 Å². The van der Waals surface area contributed by atoms with E-state index in [1.807, 2.05) is 11.8 Å². The minimum Gasteiger partial charge on any atom is -0.381 e. The lowest BCUT2D eigenvalue weighted by molar-refractivity contribution is -0.142. The summed E-state index contributed by atoms with van der Waals surface area (Å²) in [6.07, 6.45) is 4.76. The fourth-order valence-corrected chi connectivity index (χ4v) is 4.30. The van der Waals surface area contributed by atoms with Crippen LogP contribution in [0.5, 0.6) is 0 Å². The molecular formula is C19H33N3O2. The van der Waals surface area contributed by atoms with Crippen molar-refractivity contribution in [3.63, 3.8) is 0 Å². The predicted molar refractivity (Wildman–Crippen MR) is 96.5 cm³/mol. The molecule has 1 atom stereocenters. The van der Waals surface area contributed by atoms with Crippen LogP contribution in [-0.2, 0) is 9.53 Å². The molecule has 1 spiro atoms. The van der Waals surface area contributed by atoms with Crippen molar-refractivity contribution in [3.05, 3.63) is 0 Å². The molecule has 0 radical (unpaired) electrons. The fourth-order valence-electron chi connectivity index (χ4n) is 4.30. The molecule has 3 saturated heterocycles. The summed E-state index contributed by atoms with van der Waals surface area (Å²) in [5.74, 6) is 0.985. The zero-order valence-electron chi connectivity index (χ0n) is 15.6. The zero-order chi connectivity index (χ0) is 17.2. The van der Waals surface area contributed by atoms with Crippen LogP contribution in [0.15, 0.2) is 4.99 Å². The number of carbonyl (C=O) groups excluding carboxylic acids is 1. The molecule has 0 aromatic heterocycles. The smallest absolute Gasteiger partial charge is 0.267 e. The van der Waals surface area contributed by atoms with E-state index in [1.54, 1.807) is 0 Å². The van der Waals surface area contributed by atoms with Crippen LogP contribution in [0, 0.1) is 11.3 Å². The molecule has 0 bridgehead atoms. The molecule has 1 amide bonds. The Morgan fingerprint density at radius 1 is 1.25 bits per heavy atom. The van der Waals surface area contributed by atoms with E-state index in [4.69, 9.17) is 4.74 Å². The van der Waals surface area contributed by atoms with E-state index < -0.39 is 0 Å². The van der Waals surface area contributed by atoms with Crippen LogP contribution in [0.2, 0.25) is 0 Å². The Bertz CT molecular complexity index is 469. The Labute approximate surface area is 146 Å². The highest BCUT2D eigenvalue weighted by Crippen LogP contribution is 2.39. The lowest BCUT2D eigenvalue weighted by Crippen LogP contribution is -2.61. The third kappa shape index (κ3) is 4.17. The van der Waals surface area contributed by atoms with Gasteiger partial charge in [0, 0.05) is 38.3 Å². The molecule has 3 heterocycles. The molecule has 0 N–H and O–H groups in total. The van der Waals surface area contributed by atoms with Crippen molar-refractivity contribution in [2.75, 3.05) is 45.9 Å². The second kappa shape index (κ2) is 7.52. The van der Waals surface area contributed by atoms with Crippen LogP contribution in [0.1, 0.15) is 46.5 Å². The summed E-state index contributed by atoms with van der Waals surface area (Å²) < 4.78 is 5.44. The number of nitrogens with zero attached hydrogens (tertiary/aromatic N) is 3. The third-order valence-corrected chi connectivity index (χ3v) is 6.02. The first kappa shape index (κ1) is 17.9. The van der Waals surface area contributed by atoms with E-state index in [0.29, 0.717) is 11.1 Å². The van der Waals surface area contributed by atoms with E-state index >= 15 is 0 Å². The number of piperidine rings is 1. The van der Waals surface area contributed by atoms with Crippen molar-refractivity contribution >= 4 is 11.6 Å². The highest BCUT2D eigenvalue weighted by atomic mass is 16.5. The first-order valence-electron chi connectivity index (χ1n) is 9.61. The molecule has 0 aliphatic carbocycles. The van der Waals surface area contributed by atoms with Gasteiger partial charge < -0.3 is 14.5 Å². The molecule has 136 valence electrons. The van der Waals surface area contributed by atoms with Gasteiger partial charge in [0.2, 0.25) is 0 Å². The Morgan fingerprint density at radius 3 is 2.50 bits per heavy atom. The number of aliphatic imine (C=N–C) groups is 1. The summed E-state index contributed by atoms with van der Waals surface area (Å²) >= 11 is 0. The van der Waals surface area contributed by atoms with Gasteiger partial charge in [-0.1, -0.05) is 6.92 Å². The fraction of sp³-hybridized carbons (Fsp3) is 0.895. The Hall–Kier alpha value is -0.940. The summed E-state index contributed by atoms with van der Waals surface area (Å²) in [6, 6.07) is 0.195. The standard InChI is InChI=1S/C19H33N3O2/c1-15-4-8-21(9-5-15)12-16(2)20-17(3)18(23)22-13-19(14-22)6-10-24-11-7-19/h15-16H,4-14H2,1-3H3. The van der Waals surface area contributed by atoms with E-state index in [2.05, 4.69) is 23.7 Å². The minimum atomic E-state index is 0.131. The first-order valence-corrected chi connectivity index (χ1v) is 9.61. The van der Waals surface area contributed by atoms with E-state index in [1.165, 1.54) is 25.9 Å². The normalized spacial score (nSPS) is 27.1. The Morgan fingerprint density at radius 2 is 1.88 bits per heavy atom. The molecule has 24 heavy (non-hydrogen) atoms. The summed E-state index contributed by atoms with van der Waals surface area (Å²) in [6.45, 7) is 13.1.